The fourth-order valence-corrected chi connectivity index (χ4v) is 1.54. The number of hydrogen-bond acceptors (Lipinski definition) is 6. The molecule has 0 spiro atoms. The Kier molecular flexibility index (Phi) is 5.44. The minimum Gasteiger partial charge on any atom is -0.476 e. The van der Waals surface area contributed by atoms with Crippen LogP contribution >= 0.6 is 0 Å². The van der Waals surface area contributed by atoms with Crippen LogP contribution in [0.4, 0.5) is 4.79 Å². The van der Waals surface area contributed by atoms with Crippen molar-refractivity contribution in [2.75, 3.05) is 0 Å². The SMILES string of the molecule is CC(C)(C)OC(=O)NCc1c(C(=O)O)nnn1CCC(N)=O. The molecule has 0 saturated heterocycles. The molecule has 10 heteroatoms. The van der Waals surface area contributed by atoms with E-state index in [1.54, 1.807) is 20.8 Å². The summed E-state index contributed by atoms with van der Waals surface area (Å²) in [6.07, 6.45) is -0.728. The minimum atomic E-state index is -1.29. The molecule has 4 N–H and O–H groups in total. The molecule has 10 nitrogen and oxygen atoms in total. The maximum Gasteiger partial charge on any atom is 0.407 e. The van der Waals surface area contributed by atoms with E-state index in [1.165, 1.54) is 4.68 Å². The summed E-state index contributed by atoms with van der Waals surface area (Å²) in [5, 5.41) is 18.6. The molecule has 1 aromatic rings. The molecule has 1 aromatic heterocycles. The van der Waals surface area contributed by atoms with Crippen LogP contribution in [-0.2, 0) is 22.6 Å². The maximum atomic E-state index is 11.6. The van der Waals surface area contributed by atoms with Gasteiger partial charge >= 0.3 is 12.1 Å². The summed E-state index contributed by atoms with van der Waals surface area (Å²) >= 11 is 0. The zero-order valence-corrected chi connectivity index (χ0v) is 12.6. The van der Waals surface area contributed by atoms with Crippen LogP contribution in [-0.4, -0.2) is 43.7 Å². The number of rotatable bonds is 6. The van der Waals surface area contributed by atoms with Crippen LogP contribution in [0.1, 0.15) is 43.4 Å². The van der Waals surface area contributed by atoms with E-state index in [-0.39, 0.29) is 30.9 Å². The summed E-state index contributed by atoms with van der Waals surface area (Å²) in [5.74, 6) is -1.84. The van der Waals surface area contributed by atoms with Crippen LogP contribution in [0, 0.1) is 0 Å². The molecule has 0 saturated carbocycles. The number of carboxylic acid groups (broad SMARTS) is 1. The Labute approximate surface area is 126 Å². The number of carbonyl (C=O) groups is 3. The first-order valence-corrected chi connectivity index (χ1v) is 6.51. The molecule has 0 aromatic carbocycles. The van der Waals surface area contributed by atoms with Crippen molar-refractivity contribution in [3.8, 4) is 0 Å². The van der Waals surface area contributed by atoms with Gasteiger partial charge in [0.2, 0.25) is 5.91 Å². The van der Waals surface area contributed by atoms with E-state index < -0.39 is 23.6 Å². The first-order chi connectivity index (χ1) is 10.1. The molecule has 122 valence electrons. The predicted octanol–water partition coefficient (Wildman–Crippen LogP) is -0.124. The van der Waals surface area contributed by atoms with E-state index in [2.05, 4.69) is 15.6 Å². The van der Waals surface area contributed by atoms with Gasteiger partial charge < -0.3 is 20.9 Å². The van der Waals surface area contributed by atoms with Gasteiger partial charge in [-0.05, 0) is 20.8 Å². The zero-order valence-electron chi connectivity index (χ0n) is 12.6. The summed E-state index contributed by atoms with van der Waals surface area (Å²) in [6, 6.07) is 0. The molecule has 0 unspecified atom stereocenters. The minimum absolute atomic E-state index is 0.0259. The summed E-state index contributed by atoms with van der Waals surface area (Å²) in [4.78, 5) is 33.5. The number of ether oxygens (including phenoxy) is 1. The first-order valence-electron chi connectivity index (χ1n) is 6.51. The Balaban J connectivity index is 2.82. The lowest BCUT2D eigenvalue weighted by Crippen LogP contribution is -2.33. The Hall–Kier alpha value is -2.65. The molecule has 0 radical (unpaired) electrons. The van der Waals surface area contributed by atoms with Gasteiger partial charge in [-0.15, -0.1) is 5.10 Å². The summed E-state index contributed by atoms with van der Waals surface area (Å²) < 4.78 is 6.27. The highest BCUT2D eigenvalue weighted by atomic mass is 16.6. The molecule has 0 fully saturated rings. The van der Waals surface area contributed by atoms with Crippen molar-refractivity contribution < 1.29 is 24.2 Å². The van der Waals surface area contributed by atoms with E-state index in [0.29, 0.717) is 0 Å². The van der Waals surface area contributed by atoms with Crippen LogP contribution in [0.2, 0.25) is 0 Å². The average Bonchev–Trinajstić information content (AvgIpc) is 2.74. The number of carboxylic acids is 1. The number of hydrogen-bond donors (Lipinski definition) is 3. The van der Waals surface area contributed by atoms with Gasteiger partial charge in [0.05, 0.1) is 18.8 Å². The molecule has 0 aliphatic rings. The number of alkyl carbamates (subject to hydrolysis) is 1. The lowest BCUT2D eigenvalue weighted by molar-refractivity contribution is -0.118. The lowest BCUT2D eigenvalue weighted by atomic mass is 10.2. The standard InChI is InChI=1S/C12H19N5O5/c1-12(2,3)22-11(21)14-6-7-9(10(19)20)15-16-17(7)5-4-8(13)18/h4-6H2,1-3H3,(H2,13,18)(H,14,21)(H,19,20). The van der Waals surface area contributed by atoms with E-state index >= 15 is 0 Å². The fourth-order valence-electron chi connectivity index (χ4n) is 1.54. The first kappa shape index (κ1) is 17.4. The molecule has 0 aliphatic heterocycles. The van der Waals surface area contributed by atoms with E-state index in [1.807, 2.05) is 0 Å². The molecule has 1 rings (SSSR count). The van der Waals surface area contributed by atoms with Gasteiger partial charge in [0.1, 0.15) is 5.60 Å². The second kappa shape index (κ2) is 6.87. The number of primary amides is 1. The highest BCUT2D eigenvalue weighted by Gasteiger charge is 2.21. The van der Waals surface area contributed by atoms with Crippen LogP contribution < -0.4 is 11.1 Å². The van der Waals surface area contributed by atoms with Crippen molar-refractivity contribution in [2.45, 2.75) is 45.9 Å². The molecular weight excluding hydrogens is 294 g/mol. The molecule has 0 atom stereocenters. The van der Waals surface area contributed by atoms with E-state index in [0.717, 1.165) is 0 Å². The Morgan fingerprint density at radius 2 is 2.00 bits per heavy atom. The summed E-state index contributed by atoms with van der Waals surface area (Å²) in [7, 11) is 0. The second-order valence-corrected chi connectivity index (χ2v) is 5.48. The van der Waals surface area contributed by atoms with Crippen LogP contribution in [0.3, 0.4) is 0 Å². The van der Waals surface area contributed by atoms with Crippen molar-refractivity contribution in [1.82, 2.24) is 20.3 Å². The smallest absolute Gasteiger partial charge is 0.407 e. The van der Waals surface area contributed by atoms with Gasteiger partial charge in [-0.3, -0.25) is 4.79 Å². The van der Waals surface area contributed by atoms with Gasteiger partial charge in [0.25, 0.3) is 0 Å². The number of nitrogens with zero attached hydrogens (tertiary/aromatic N) is 3. The maximum absolute atomic E-state index is 11.6. The van der Waals surface area contributed by atoms with Crippen molar-refractivity contribution >= 4 is 18.0 Å². The molecular formula is C12H19N5O5. The average molecular weight is 313 g/mol. The number of aromatic nitrogens is 3. The highest BCUT2D eigenvalue weighted by molar-refractivity contribution is 5.86. The second-order valence-electron chi connectivity index (χ2n) is 5.48. The van der Waals surface area contributed by atoms with Crippen molar-refractivity contribution in [3.63, 3.8) is 0 Å². The van der Waals surface area contributed by atoms with Gasteiger partial charge in [-0.1, -0.05) is 5.21 Å². The van der Waals surface area contributed by atoms with Crippen LogP contribution in [0.15, 0.2) is 0 Å². The van der Waals surface area contributed by atoms with Crippen molar-refractivity contribution in [1.29, 1.82) is 0 Å². The normalized spacial score (nSPS) is 11.0. The molecule has 0 bridgehead atoms. The van der Waals surface area contributed by atoms with E-state index in [4.69, 9.17) is 15.6 Å². The lowest BCUT2D eigenvalue weighted by Gasteiger charge is -2.19. The summed E-state index contributed by atoms with van der Waals surface area (Å²) in [6.45, 7) is 5.03. The molecule has 22 heavy (non-hydrogen) atoms. The van der Waals surface area contributed by atoms with Crippen LogP contribution in [0.25, 0.3) is 0 Å². The molecule has 2 amide bonds. The summed E-state index contributed by atoms with van der Waals surface area (Å²) in [5.41, 5.74) is 4.21. The number of aryl methyl sites for hydroxylation is 1. The fraction of sp³-hybridized carbons (Fsp3) is 0.583. The molecule has 1 heterocycles. The number of aromatic carboxylic acids is 1. The van der Waals surface area contributed by atoms with Crippen LogP contribution in [0.5, 0.6) is 0 Å². The Morgan fingerprint density at radius 3 is 2.50 bits per heavy atom. The number of nitrogens with two attached hydrogens (primary N) is 1. The largest absolute Gasteiger partial charge is 0.476 e. The highest BCUT2D eigenvalue weighted by Crippen LogP contribution is 2.09. The van der Waals surface area contributed by atoms with Gasteiger partial charge in [0.15, 0.2) is 5.69 Å². The quantitative estimate of drug-likeness (QED) is 0.662. The van der Waals surface area contributed by atoms with Gasteiger partial charge in [-0.25, -0.2) is 14.3 Å². The third kappa shape index (κ3) is 5.38. The number of carbonyl (C=O) groups excluding carboxylic acids is 2. The van der Waals surface area contributed by atoms with E-state index in [9.17, 15) is 14.4 Å². The predicted molar refractivity (Wildman–Crippen MR) is 73.9 cm³/mol. The zero-order chi connectivity index (χ0) is 16.9. The monoisotopic (exact) mass is 313 g/mol. The third-order valence-corrected chi connectivity index (χ3v) is 2.41. The third-order valence-electron chi connectivity index (χ3n) is 2.41. The number of amides is 2. The molecule has 0 aliphatic carbocycles. The topological polar surface area (TPSA) is 149 Å². The van der Waals surface area contributed by atoms with Crippen molar-refractivity contribution in [2.24, 2.45) is 5.73 Å². The van der Waals surface area contributed by atoms with Gasteiger partial charge in [0, 0.05) is 6.42 Å². The Bertz CT molecular complexity index is 575. The van der Waals surface area contributed by atoms with Gasteiger partial charge in [-0.2, -0.15) is 0 Å². The Morgan fingerprint density at radius 1 is 1.36 bits per heavy atom. The van der Waals surface area contributed by atoms with Crippen molar-refractivity contribution in [3.05, 3.63) is 11.4 Å². The number of nitrogens with one attached hydrogen (secondary N) is 1.